The maximum Gasteiger partial charge on any atom is 0.416 e. The average Bonchev–Trinajstić information content (AvgIpc) is 3.09. The van der Waals surface area contributed by atoms with Crippen molar-refractivity contribution in [1.82, 2.24) is 9.55 Å². The number of carbonyl (C=O) groups excluding carboxylic acids is 1. The summed E-state index contributed by atoms with van der Waals surface area (Å²) in [7, 11) is 1.31. The number of ether oxygens (including phenoxy) is 1. The summed E-state index contributed by atoms with van der Waals surface area (Å²) in [6, 6.07) is 11.8. The van der Waals surface area contributed by atoms with Crippen LogP contribution in [-0.2, 0) is 17.5 Å². The van der Waals surface area contributed by atoms with Gasteiger partial charge in [0.15, 0.2) is 0 Å². The number of alkyl halides is 3. The molecule has 3 aromatic rings. The van der Waals surface area contributed by atoms with Crippen LogP contribution in [0.4, 0.5) is 13.2 Å². The fraction of sp³-hybridized carbons (Fsp3) is 0.158. The second kappa shape index (κ2) is 7.03. The second-order valence-corrected chi connectivity index (χ2v) is 5.60. The van der Waals surface area contributed by atoms with E-state index in [1.54, 1.807) is 41.2 Å². The Morgan fingerprint density at radius 1 is 1.12 bits per heavy atom. The van der Waals surface area contributed by atoms with Crippen LogP contribution >= 0.6 is 0 Å². The highest BCUT2D eigenvalue weighted by Crippen LogP contribution is 2.30. The van der Waals surface area contributed by atoms with E-state index in [0.29, 0.717) is 23.5 Å². The zero-order chi connectivity index (χ0) is 18.7. The summed E-state index contributed by atoms with van der Waals surface area (Å²) in [6.45, 7) is 0.335. The molecule has 0 saturated heterocycles. The highest BCUT2D eigenvalue weighted by molar-refractivity contribution is 5.91. The molecular weight excluding hydrogens is 345 g/mol. The van der Waals surface area contributed by atoms with Crippen molar-refractivity contribution in [2.45, 2.75) is 12.7 Å². The van der Waals surface area contributed by atoms with Crippen molar-refractivity contribution in [2.75, 3.05) is 7.11 Å². The first-order valence-electron chi connectivity index (χ1n) is 7.75. The Labute approximate surface area is 147 Å². The number of rotatable bonds is 4. The lowest BCUT2D eigenvalue weighted by Gasteiger charge is -2.12. The number of methoxy groups -OCH3 is 1. The first kappa shape index (κ1) is 17.7. The van der Waals surface area contributed by atoms with Gasteiger partial charge in [0.05, 0.1) is 18.2 Å². The molecule has 0 unspecified atom stereocenters. The van der Waals surface area contributed by atoms with Gasteiger partial charge in [-0.2, -0.15) is 13.2 Å². The molecular formula is C19H15F3N2O2. The van der Waals surface area contributed by atoms with Gasteiger partial charge < -0.3 is 9.30 Å². The summed E-state index contributed by atoms with van der Waals surface area (Å²) in [5.74, 6) is 0.0650. The van der Waals surface area contributed by atoms with Gasteiger partial charge >= 0.3 is 12.1 Å². The fourth-order valence-corrected chi connectivity index (χ4v) is 2.66. The number of aromatic nitrogens is 2. The Bertz CT molecular complexity index is 915. The molecule has 0 radical (unpaired) electrons. The number of benzene rings is 2. The lowest BCUT2D eigenvalue weighted by atomic mass is 10.1. The highest BCUT2D eigenvalue weighted by atomic mass is 19.4. The Hall–Kier alpha value is -3.09. The maximum absolute atomic E-state index is 12.7. The zero-order valence-electron chi connectivity index (χ0n) is 13.8. The molecule has 0 saturated carbocycles. The summed E-state index contributed by atoms with van der Waals surface area (Å²) in [6.07, 6.45) is -1.11. The number of carbonyl (C=O) groups is 1. The minimum atomic E-state index is -4.38. The molecule has 0 atom stereocenters. The van der Waals surface area contributed by atoms with Crippen molar-refractivity contribution < 1.29 is 22.7 Å². The first-order valence-corrected chi connectivity index (χ1v) is 7.75. The van der Waals surface area contributed by atoms with Crippen molar-refractivity contribution in [3.8, 4) is 11.4 Å². The third-order valence-corrected chi connectivity index (χ3v) is 3.95. The molecule has 0 bridgehead atoms. The van der Waals surface area contributed by atoms with Crippen molar-refractivity contribution in [3.05, 3.63) is 77.6 Å². The van der Waals surface area contributed by atoms with E-state index in [2.05, 4.69) is 4.98 Å². The molecule has 134 valence electrons. The Morgan fingerprint density at radius 3 is 2.46 bits per heavy atom. The summed E-state index contributed by atoms with van der Waals surface area (Å²) >= 11 is 0. The molecule has 4 nitrogen and oxygen atoms in total. The fourth-order valence-electron chi connectivity index (χ4n) is 2.66. The molecule has 7 heteroatoms. The minimum Gasteiger partial charge on any atom is -0.465 e. The van der Waals surface area contributed by atoms with E-state index >= 15 is 0 Å². The highest BCUT2D eigenvalue weighted by Gasteiger charge is 2.30. The van der Waals surface area contributed by atoms with Crippen molar-refractivity contribution in [2.24, 2.45) is 0 Å². The van der Waals surface area contributed by atoms with E-state index in [0.717, 1.165) is 17.7 Å². The summed E-state index contributed by atoms with van der Waals surface area (Å²) < 4.78 is 44.7. The van der Waals surface area contributed by atoms with Crippen LogP contribution < -0.4 is 0 Å². The van der Waals surface area contributed by atoms with Gasteiger partial charge in [-0.3, -0.25) is 0 Å². The third kappa shape index (κ3) is 3.61. The van der Waals surface area contributed by atoms with Crippen molar-refractivity contribution in [3.63, 3.8) is 0 Å². The van der Waals surface area contributed by atoms with E-state index < -0.39 is 17.7 Å². The van der Waals surface area contributed by atoms with Crippen LogP contribution in [0, 0.1) is 0 Å². The van der Waals surface area contributed by atoms with E-state index in [4.69, 9.17) is 4.74 Å². The molecule has 0 aliphatic carbocycles. The molecule has 1 heterocycles. The predicted octanol–water partition coefficient (Wildman–Crippen LogP) is 4.40. The van der Waals surface area contributed by atoms with Gasteiger partial charge in [-0.05, 0) is 23.8 Å². The van der Waals surface area contributed by atoms with Crippen LogP contribution in [0.5, 0.6) is 0 Å². The number of hydrogen-bond acceptors (Lipinski definition) is 3. The Kier molecular flexibility index (Phi) is 4.79. The van der Waals surface area contributed by atoms with Gasteiger partial charge in [0, 0.05) is 24.5 Å². The first-order chi connectivity index (χ1) is 12.4. The van der Waals surface area contributed by atoms with Crippen LogP contribution in [0.2, 0.25) is 0 Å². The molecule has 0 aliphatic rings. The van der Waals surface area contributed by atoms with Gasteiger partial charge in [0.1, 0.15) is 5.82 Å². The average molecular weight is 360 g/mol. The van der Waals surface area contributed by atoms with E-state index in [-0.39, 0.29) is 0 Å². The lowest BCUT2D eigenvalue weighted by Crippen LogP contribution is -2.09. The van der Waals surface area contributed by atoms with Gasteiger partial charge in [-0.1, -0.05) is 30.3 Å². The summed E-state index contributed by atoms with van der Waals surface area (Å²) in [5, 5.41) is 0. The predicted molar refractivity (Wildman–Crippen MR) is 89.5 cm³/mol. The second-order valence-electron chi connectivity index (χ2n) is 5.60. The van der Waals surface area contributed by atoms with Crippen LogP contribution in [0.3, 0.4) is 0 Å². The van der Waals surface area contributed by atoms with Gasteiger partial charge in [0.2, 0.25) is 0 Å². The number of halogens is 3. The quantitative estimate of drug-likeness (QED) is 0.648. The third-order valence-electron chi connectivity index (χ3n) is 3.95. The standard InChI is InChI=1S/C19H15F3N2O2/c1-26-18(25)16-5-3-2-4-14(16)12-24-11-10-23-17(24)13-6-8-15(9-7-13)19(20,21)22/h2-11H,12H2,1H3. The number of nitrogens with zero attached hydrogens (tertiary/aromatic N) is 2. The van der Waals surface area contributed by atoms with Gasteiger partial charge in [-0.15, -0.1) is 0 Å². The van der Waals surface area contributed by atoms with Crippen LogP contribution in [0.1, 0.15) is 21.5 Å². The summed E-state index contributed by atoms with van der Waals surface area (Å²) in [4.78, 5) is 16.1. The lowest BCUT2D eigenvalue weighted by molar-refractivity contribution is -0.137. The summed E-state index contributed by atoms with van der Waals surface area (Å²) in [5.41, 5.74) is 1.00. The van der Waals surface area contributed by atoms with E-state index in [1.165, 1.54) is 19.2 Å². The maximum atomic E-state index is 12.7. The Morgan fingerprint density at radius 2 is 1.81 bits per heavy atom. The largest absolute Gasteiger partial charge is 0.465 e. The number of esters is 1. The van der Waals surface area contributed by atoms with Crippen LogP contribution in [0.15, 0.2) is 60.9 Å². The smallest absolute Gasteiger partial charge is 0.416 e. The SMILES string of the molecule is COC(=O)c1ccccc1Cn1ccnc1-c1ccc(C(F)(F)F)cc1. The van der Waals surface area contributed by atoms with E-state index in [9.17, 15) is 18.0 Å². The number of imidazole rings is 1. The molecule has 3 rings (SSSR count). The number of hydrogen-bond donors (Lipinski definition) is 0. The molecule has 26 heavy (non-hydrogen) atoms. The van der Waals surface area contributed by atoms with Crippen molar-refractivity contribution in [1.29, 1.82) is 0 Å². The zero-order valence-corrected chi connectivity index (χ0v) is 13.8. The normalized spacial score (nSPS) is 11.4. The van der Waals surface area contributed by atoms with Gasteiger partial charge in [-0.25, -0.2) is 9.78 Å². The Balaban J connectivity index is 1.92. The topological polar surface area (TPSA) is 44.1 Å². The van der Waals surface area contributed by atoms with Crippen LogP contribution in [0.25, 0.3) is 11.4 Å². The minimum absolute atomic E-state index is 0.335. The van der Waals surface area contributed by atoms with Crippen LogP contribution in [-0.4, -0.2) is 22.6 Å². The molecule has 2 aromatic carbocycles. The van der Waals surface area contributed by atoms with Gasteiger partial charge in [0.25, 0.3) is 0 Å². The molecule has 0 spiro atoms. The monoisotopic (exact) mass is 360 g/mol. The molecule has 0 N–H and O–H groups in total. The molecule has 0 amide bonds. The van der Waals surface area contributed by atoms with Crippen molar-refractivity contribution >= 4 is 5.97 Å². The molecule has 0 aliphatic heterocycles. The molecule has 0 fully saturated rings. The van der Waals surface area contributed by atoms with E-state index in [1.807, 2.05) is 0 Å². The molecule has 1 aromatic heterocycles.